The number of carbonyl (C=O) groups is 2. The number of nitro benzene ring substituents is 1. The van der Waals surface area contributed by atoms with Crippen LogP contribution in [0.15, 0.2) is 60.7 Å². The number of rotatable bonds is 5. The zero-order valence-corrected chi connectivity index (χ0v) is 13.9. The van der Waals surface area contributed by atoms with E-state index in [1.165, 1.54) is 30.3 Å². The number of carbonyl (C=O) groups excluding carboxylic acids is 2. The van der Waals surface area contributed by atoms with Crippen molar-refractivity contribution >= 4 is 34.0 Å². The van der Waals surface area contributed by atoms with Gasteiger partial charge in [0.05, 0.1) is 4.92 Å². The summed E-state index contributed by atoms with van der Waals surface area (Å²) in [7, 11) is 0. The molecule has 2 N–H and O–H groups in total. The molecule has 8 heteroatoms. The van der Waals surface area contributed by atoms with Crippen molar-refractivity contribution in [1.29, 1.82) is 0 Å². The highest BCUT2D eigenvalue weighted by Crippen LogP contribution is 2.29. The van der Waals surface area contributed by atoms with E-state index in [9.17, 15) is 24.8 Å². The lowest BCUT2D eigenvalue weighted by molar-refractivity contribution is -0.383. The minimum Gasteiger partial charge on any atom is -0.506 e. The van der Waals surface area contributed by atoms with Crippen molar-refractivity contribution in [2.75, 3.05) is 11.9 Å². The summed E-state index contributed by atoms with van der Waals surface area (Å²) in [6.45, 7) is -0.656. The molecule has 0 aliphatic rings. The number of hydrogen-bond donors (Lipinski definition) is 2. The lowest BCUT2D eigenvalue weighted by atomic mass is 10.1. The van der Waals surface area contributed by atoms with Crippen LogP contribution in [-0.4, -0.2) is 28.5 Å². The van der Waals surface area contributed by atoms with Crippen molar-refractivity contribution in [3.63, 3.8) is 0 Å². The van der Waals surface area contributed by atoms with E-state index in [2.05, 4.69) is 5.32 Å². The number of benzene rings is 3. The van der Waals surface area contributed by atoms with Crippen LogP contribution >= 0.6 is 0 Å². The Kier molecular flexibility index (Phi) is 4.98. The highest BCUT2D eigenvalue weighted by molar-refractivity contribution is 6.02. The maximum Gasteiger partial charge on any atom is 0.342 e. The van der Waals surface area contributed by atoms with Gasteiger partial charge in [-0.1, -0.05) is 42.5 Å². The number of nitrogens with zero attached hydrogens (tertiary/aromatic N) is 1. The van der Waals surface area contributed by atoms with Crippen molar-refractivity contribution in [2.45, 2.75) is 0 Å². The number of amides is 1. The van der Waals surface area contributed by atoms with Crippen LogP contribution in [-0.2, 0) is 9.53 Å². The fourth-order valence-corrected chi connectivity index (χ4v) is 2.55. The largest absolute Gasteiger partial charge is 0.506 e. The van der Waals surface area contributed by atoms with E-state index in [-0.39, 0.29) is 22.7 Å². The summed E-state index contributed by atoms with van der Waals surface area (Å²) in [6.07, 6.45) is 0. The number of phenolic OH excluding ortho intramolecular Hbond substituents is 1. The summed E-state index contributed by atoms with van der Waals surface area (Å²) in [5.74, 6) is -1.86. The predicted molar refractivity (Wildman–Crippen MR) is 97.6 cm³/mol. The normalized spacial score (nSPS) is 10.4. The number of hydrogen-bond acceptors (Lipinski definition) is 6. The van der Waals surface area contributed by atoms with Gasteiger partial charge in [-0.2, -0.15) is 0 Å². The zero-order valence-electron chi connectivity index (χ0n) is 13.9. The molecule has 0 heterocycles. The van der Waals surface area contributed by atoms with Crippen molar-refractivity contribution in [3.05, 3.63) is 76.3 Å². The second-order valence-electron chi connectivity index (χ2n) is 5.58. The molecule has 8 nitrogen and oxygen atoms in total. The van der Waals surface area contributed by atoms with Crippen LogP contribution < -0.4 is 5.32 Å². The first-order chi connectivity index (χ1) is 13.0. The summed E-state index contributed by atoms with van der Waals surface area (Å²) in [5, 5.41) is 24.7. The highest BCUT2D eigenvalue weighted by atomic mass is 16.6. The standard InChI is InChI=1S/C19H14N2O6/c22-17(20-15-7-3-4-8-16(15)21(25)26)11-27-19(24)14-10-9-12-5-1-2-6-13(12)18(14)23/h1-10,23H,11H2,(H,20,22). The Morgan fingerprint density at radius 3 is 2.52 bits per heavy atom. The molecule has 0 saturated heterocycles. The zero-order chi connectivity index (χ0) is 19.4. The Labute approximate surface area is 153 Å². The predicted octanol–water partition coefficient (Wildman–Crippen LogP) is 3.25. The molecule has 0 radical (unpaired) electrons. The Hall–Kier alpha value is -3.94. The number of esters is 1. The number of fused-ring (bicyclic) bond motifs is 1. The monoisotopic (exact) mass is 366 g/mol. The first-order valence-electron chi connectivity index (χ1n) is 7.88. The topological polar surface area (TPSA) is 119 Å². The van der Waals surface area contributed by atoms with Crippen molar-refractivity contribution in [2.24, 2.45) is 0 Å². The maximum atomic E-state index is 12.2. The molecule has 0 fully saturated rings. The third-order valence-corrected chi connectivity index (χ3v) is 3.83. The molecule has 0 aliphatic carbocycles. The molecule has 3 rings (SSSR count). The molecule has 3 aromatic rings. The highest BCUT2D eigenvalue weighted by Gasteiger charge is 2.18. The van der Waals surface area contributed by atoms with Gasteiger partial charge in [0.1, 0.15) is 17.0 Å². The van der Waals surface area contributed by atoms with Gasteiger partial charge in [0.25, 0.3) is 11.6 Å². The minimum absolute atomic E-state index is 0.00268. The number of para-hydroxylation sites is 2. The summed E-state index contributed by atoms with van der Waals surface area (Å²) < 4.78 is 4.91. The van der Waals surface area contributed by atoms with Crippen LogP contribution in [0.5, 0.6) is 5.75 Å². The molecule has 0 aromatic heterocycles. The van der Waals surface area contributed by atoms with Crippen LogP contribution in [0.1, 0.15) is 10.4 Å². The number of aromatic hydroxyl groups is 1. The molecule has 0 aliphatic heterocycles. The van der Waals surface area contributed by atoms with Gasteiger partial charge in [-0.15, -0.1) is 0 Å². The number of anilines is 1. The molecular formula is C19H14N2O6. The summed E-state index contributed by atoms with van der Waals surface area (Å²) in [4.78, 5) is 34.4. The second-order valence-corrected chi connectivity index (χ2v) is 5.58. The van der Waals surface area contributed by atoms with Gasteiger partial charge in [-0.05, 0) is 17.5 Å². The fourth-order valence-electron chi connectivity index (χ4n) is 2.55. The van der Waals surface area contributed by atoms with Gasteiger partial charge in [0.15, 0.2) is 6.61 Å². The molecule has 0 saturated carbocycles. The average Bonchev–Trinajstić information content (AvgIpc) is 2.67. The number of nitro groups is 1. The second kappa shape index (κ2) is 7.52. The Morgan fingerprint density at radius 1 is 1.04 bits per heavy atom. The molecule has 1 amide bonds. The van der Waals surface area contributed by atoms with Gasteiger partial charge in [0.2, 0.25) is 0 Å². The molecule has 136 valence electrons. The van der Waals surface area contributed by atoms with Crippen LogP contribution in [0.2, 0.25) is 0 Å². The first-order valence-corrected chi connectivity index (χ1v) is 7.88. The van der Waals surface area contributed by atoms with E-state index >= 15 is 0 Å². The molecule has 0 bridgehead atoms. The summed E-state index contributed by atoms with van der Waals surface area (Å²) >= 11 is 0. The van der Waals surface area contributed by atoms with E-state index in [0.29, 0.717) is 5.39 Å². The first kappa shape index (κ1) is 17.9. The van der Waals surface area contributed by atoms with E-state index in [0.717, 1.165) is 5.39 Å². The van der Waals surface area contributed by atoms with Gasteiger partial charge < -0.3 is 15.2 Å². The van der Waals surface area contributed by atoms with Gasteiger partial charge in [0, 0.05) is 11.5 Å². The van der Waals surface area contributed by atoms with Gasteiger partial charge in [-0.3, -0.25) is 14.9 Å². The quantitative estimate of drug-likeness (QED) is 0.406. The Morgan fingerprint density at radius 2 is 1.74 bits per heavy atom. The summed E-state index contributed by atoms with van der Waals surface area (Å²) in [6, 6.07) is 15.6. The van der Waals surface area contributed by atoms with E-state index in [1.54, 1.807) is 30.3 Å². The average molecular weight is 366 g/mol. The third-order valence-electron chi connectivity index (χ3n) is 3.83. The van der Waals surface area contributed by atoms with E-state index in [4.69, 9.17) is 4.74 Å². The van der Waals surface area contributed by atoms with Crippen LogP contribution in [0.3, 0.4) is 0 Å². The molecule has 27 heavy (non-hydrogen) atoms. The molecule has 0 spiro atoms. The number of phenols is 1. The smallest absolute Gasteiger partial charge is 0.342 e. The minimum atomic E-state index is -0.879. The number of nitrogens with one attached hydrogen (secondary N) is 1. The van der Waals surface area contributed by atoms with E-state index < -0.39 is 23.4 Å². The summed E-state index contributed by atoms with van der Waals surface area (Å²) in [5.41, 5.74) is -0.353. The fraction of sp³-hybridized carbons (Fsp3) is 0.0526. The SMILES string of the molecule is O=C(COC(=O)c1ccc2ccccc2c1O)Nc1ccccc1[N+](=O)[O-]. The van der Waals surface area contributed by atoms with Crippen molar-refractivity contribution < 1.29 is 24.4 Å². The van der Waals surface area contributed by atoms with Gasteiger partial charge >= 0.3 is 5.97 Å². The van der Waals surface area contributed by atoms with Crippen molar-refractivity contribution in [3.8, 4) is 5.75 Å². The lowest BCUT2D eigenvalue weighted by Gasteiger charge is -2.09. The molecule has 3 aromatic carbocycles. The van der Waals surface area contributed by atoms with Crippen LogP contribution in [0.4, 0.5) is 11.4 Å². The van der Waals surface area contributed by atoms with Crippen molar-refractivity contribution in [1.82, 2.24) is 0 Å². The molecule has 0 atom stereocenters. The number of ether oxygens (including phenoxy) is 1. The van der Waals surface area contributed by atoms with Crippen LogP contribution in [0.25, 0.3) is 10.8 Å². The van der Waals surface area contributed by atoms with E-state index in [1.807, 2.05) is 0 Å². The Bertz CT molecular complexity index is 1050. The Balaban J connectivity index is 1.68. The van der Waals surface area contributed by atoms with Gasteiger partial charge in [-0.25, -0.2) is 4.79 Å². The van der Waals surface area contributed by atoms with Crippen LogP contribution in [0, 0.1) is 10.1 Å². The molecule has 0 unspecified atom stereocenters. The molecular weight excluding hydrogens is 352 g/mol. The lowest BCUT2D eigenvalue weighted by Crippen LogP contribution is -2.21. The third kappa shape index (κ3) is 3.84. The maximum absolute atomic E-state index is 12.2.